The van der Waals surface area contributed by atoms with Crippen LogP contribution in [0.5, 0.6) is 17.2 Å². The van der Waals surface area contributed by atoms with Crippen LogP contribution in [0, 0.1) is 0 Å². The molecule has 0 radical (unpaired) electrons. The molecule has 0 aliphatic heterocycles. The van der Waals surface area contributed by atoms with Gasteiger partial charge in [0.15, 0.2) is 11.5 Å². The maximum atomic E-state index is 13.3. The number of carbonyl (C=O) groups excluding carboxylic acids is 2. The van der Waals surface area contributed by atoms with Crippen molar-refractivity contribution < 1.29 is 23.8 Å². The highest BCUT2D eigenvalue weighted by atomic mass is 16.5. The summed E-state index contributed by atoms with van der Waals surface area (Å²) in [5.41, 5.74) is 2.64. The molecule has 2 N–H and O–H groups in total. The fourth-order valence-electron chi connectivity index (χ4n) is 3.77. The normalized spacial score (nSPS) is 12.2. The molecule has 184 valence electrons. The maximum absolute atomic E-state index is 13.3. The first-order valence-electron chi connectivity index (χ1n) is 11.4. The molecule has 3 rings (SSSR count). The molecular formula is C28H32N2O5. The zero-order chi connectivity index (χ0) is 25.2. The molecule has 3 aromatic carbocycles. The number of benzene rings is 3. The summed E-state index contributed by atoms with van der Waals surface area (Å²) in [5, 5.41) is 5.94. The average molecular weight is 477 g/mol. The Kier molecular flexibility index (Phi) is 9.12. The lowest BCUT2D eigenvalue weighted by molar-refractivity contribution is -0.129. The van der Waals surface area contributed by atoms with Crippen LogP contribution in [-0.2, 0) is 22.4 Å². The van der Waals surface area contributed by atoms with Gasteiger partial charge in [0.05, 0.1) is 33.8 Å². The minimum Gasteiger partial charge on any atom is -0.497 e. The number of rotatable bonds is 11. The predicted molar refractivity (Wildman–Crippen MR) is 135 cm³/mol. The highest BCUT2D eigenvalue weighted by molar-refractivity contribution is 5.89. The number of nitrogens with one attached hydrogen (secondary N) is 2. The van der Waals surface area contributed by atoms with Crippen LogP contribution in [0.4, 0.5) is 0 Å². The number of amides is 2. The molecule has 2 amide bonds. The van der Waals surface area contributed by atoms with Crippen molar-refractivity contribution in [3.8, 4) is 17.2 Å². The average Bonchev–Trinajstić information content (AvgIpc) is 2.89. The van der Waals surface area contributed by atoms with Crippen molar-refractivity contribution in [3.63, 3.8) is 0 Å². The van der Waals surface area contributed by atoms with Crippen molar-refractivity contribution >= 4 is 11.8 Å². The monoisotopic (exact) mass is 476 g/mol. The summed E-state index contributed by atoms with van der Waals surface area (Å²) in [6.45, 7) is 1.92. The summed E-state index contributed by atoms with van der Waals surface area (Å²) in [6.07, 6.45) is 0.440. The van der Waals surface area contributed by atoms with Gasteiger partial charge in [-0.15, -0.1) is 0 Å². The lowest BCUT2D eigenvalue weighted by atomic mass is 10.0. The van der Waals surface area contributed by atoms with Gasteiger partial charge in [-0.1, -0.05) is 48.5 Å². The molecule has 0 saturated carbocycles. The van der Waals surface area contributed by atoms with E-state index in [9.17, 15) is 9.59 Å². The van der Waals surface area contributed by atoms with E-state index in [4.69, 9.17) is 14.2 Å². The molecule has 2 atom stereocenters. The van der Waals surface area contributed by atoms with Crippen molar-refractivity contribution in [1.29, 1.82) is 0 Å². The van der Waals surface area contributed by atoms with Crippen molar-refractivity contribution in [2.45, 2.75) is 31.8 Å². The Labute approximate surface area is 206 Å². The third-order valence-corrected chi connectivity index (χ3v) is 5.72. The van der Waals surface area contributed by atoms with E-state index in [1.807, 2.05) is 61.5 Å². The highest BCUT2D eigenvalue weighted by Gasteiger charge is 2.24. The van der Waals surface area contributed by atoms with Crippen LogP contribution in [0.15, 0.2) is 72.8 Å². The van der Waals surface area contributed by atoms with Crippen LogP contribution in [0.1, 0.15) is 29.7 Å². The number of hydrogen-bond donors (Lipinski definition) is 2. The Balaban J connectivity index is 1.77. The molecule has 35 heavy (non-hydrogen) atoms. The van der Waals surface area contributed by atoms with Crippen molar-refractivity contribution in [2.24, 2.45) is 0 Å². The smallest absolute Gasteiger partial charge is 0.243 e. The molecule has 0 spiro atoms. The van der Waals surface area contributed by atoms with Gasteiger partial charge in [-0.2, -0.15) is 0 Å². The topological polar surface area (TPSA) is 85.9 Å². The first-order valence-corrected chi connectivity index (χ1v) is 11.4. The van der Waals surface area contributed by atoms with Crippen molar-refractivity contribution in [3.05, 3.63) is 89.5 Å². The zero-order valence-electron chi connectivity index (χ0n) is 20.5. The number of methoxy groups -OCH3 is 3. The molecule has 0 aliphatic carbocycles. The molecule has 0 bridgehead atoms. The van der Waals surface area contributed by atoms with E-state index < -0.39 is 6.04 Å². The second kappa shape index (κ2) is 12.5. The second-order valence-electron chi connectivity index (χ2n) is 8.18. The molecule has 0 aliphatic rings. The van der Waals surface area contributed by atoms with Gasteiger partial charge in [0.1, 0.15) is 11.8 Å². The summed E-state index contributed by atoms with van der Waals surface area (Å²) in [4.78, 5) is 26.2. The van der Waals surface area contributed by atoms with Gasteiger partial charge >= 0.3 is 0 Å². The SMILES string of the molecule is COc1ccc(CC(=O)N[C@@H](Cc2ccc(OC)c(OC)c2)C(=O)N[C@H](C)c2ccccc2)cc1. The molecular weight excluding hydrogens is 444 g/mol. The summed E-state index contributed by atoms with van der Waals surface area (Å²) in [7, 11) is 4.72. The lowest BCUT2D eigenvalue weighted by Crippen LogP contribution is -2.49. The Bertz CT molecular complexity index is 1120. The molecule has 0 aromatic heterocycles. The highest BCUT2D eigenvalue weighted by Crippen LogP contribution is 2.28. The van der Waals surface area contributed by atoms with E-state index in [-0.39, 0.29) is 24.3 Å². The quantitative estimate of drug-likeness (QED) is 0.439. The number of carbonyl (C=O) groups is 2. The molecule has 0 unspecified atom stereocenters. The van der Waals surface area contributed by atoms with Crippen LogP contribution < -0.4 is 24.8 Å². The molecule has 0 fully saturated rings. The summed E-state index contributed by atoms with van der Waals surface area (Å²) >= 11 is 0. The summed E-state index contributed by atoms with van der Waals surface area (Å²) in [6, 6.07) is 21.4. The van der Waals surface area contributed by atoms with Gasteiger partial charge in [-0.3, -0.25) is 9.59 Å². The lowest BCUT2D eigenvalue weighted by Gasteiger charge is -2.22. The third-order valence-electron chi connectivity index (χ3n) is 5.72. The van der Waals surface area contributed by atoms with Crippen molar-refractivity contribution in [2.75, 3.05) is 21.3 Å². The molecule has 3 aromatic rings. The summed E-state index contributed by atoms with van der Waals surface area (Å²) in [5.74, 6) is 1.36. The Morgan fingerprint density at radius 2 is 1.43 bits per heavy atom. The van der Waals surface area contributed by atoms with E-state index >= 15 is 0 Å². The van der Waals surface area contributed by atoms with Gasteiger partial charge < -0.3 is 24.8 Å². The third kappa shape index (κ3) is 7.24. The van der Waals surface area contributed by atoms with Crippen LogP contribution >= 0.6 is 0 Å². The largest absolute Gasteiger partial charge is 0.497 e. The van der Waals surface area contributed by atoms with Gasteiger partial charge in [-0.05, 0) is 47.9 Å². The summed E-state index contributed by atoms with van der Waals surface area (Å²) < 4.78 is 15.9. The fraction of sp³-hybridized carbons (Fsp3) is 0.286. The Morgan fingerprint density at radius 3 is 2.06 bits per heavy atom. The van der Waals surface area contributed by atoms with Crippen LogP contribution in [-0.4, -0.2) is 39.2 Å². The predicted octanol–water partition coefficient (Wildman–Crippen LogP) is 3.86. The zero-order valence-corrected chi connectivity index (χ0v) is 20.5. The molecule has 0 heterocycles. The standard InChI is InChI=1S/C28H32N2O5/c1-19(22-8-6-5-7-9-22)29-28(32)24(16-21-12-15-25(34-3)26(17-21)35-4)30-27(31)18-20-10-13-23(33-2)14-11-20/h5-15,17,19,24H,16,18H2,1-4H3,(H,29,32)(H,30,31)/t19-,24+/m1/s1. The van der Waals surface area contributed by atoms with E-state index in [1.54, 1.807) is 39.5 Å². The maximum Gasteiger partial charge on any atom is 0.243 e. The first-order chi connectivity index (χ1) is 16.9. The van der Waals surface area contributed by atoms with Gasteiger partial charge in [0.25, 0.3) is 0 Å². The fourth-order valence-corrected chi connectivity index (χ4v) is 3.77. The van der Waals surface area contributed by atoms with E-state index in [0.29, 0.717) is 17.9 Å². The van der Waals surface area contributed by atoms with Crippen molar-refractivity contribution in [1.82, 2.24) is 10.6 Å². The number of hydrogen-bond acceptors (Lipinski definition) is 5. The second-order valence-corrected chi connectivity index (χ2v) is 8.18. The molecule has 0 saturated heterocycles. The van der Waals surface area contributed by atoms with E-state index in [2.05, 4.69) is 10.6 Å². The number of ether oxygens (including phenoxy) is 3. The van der Waals surface area contributed by atoms with E-state index in [0.717, 1.165) is 22.4 Å². The minimum absolute atomic E-state index is 0.147. The van der Waals surface area contributed by atoms with Gasteiger partial charge in [0.2, 0.25) is 11.8 Å². The van der Waals surface area contributed by atoms with Crippen LogP contribution in [0.25, 0.3) is 0 Å². The van der Waals surface area contributed by atoms with E-state index in [1.165, 1.54) is 0 Å². The van der Waals surface area contributed by atoms with Crippen LogP contribution in [0.3, 0.4) is 0 Å². The Hall–Kier alpha value is -4.00. The Morgan fingerprint density at radius 1 is 0.771 bits per heavy atom. The minimum atomic E-state index is -0.773. The van der Waals surface area contributed by atoms with Gasteiger partial charge in [0, 0.05) is 6.42 Å². The molecule has 7 heteroatoms. The van der Waals surface area contributed by atoms with Gasteiger partial charge in [-0.25, -0.2) is 0 Å². The first kappa shape index (κ1) is 25.6. The van der Waals surface area contributed by atoms with Crippen LogP contribution in [0.2, 0.25) is 0 Å². The molecule has 7 nitrogen and oxygen atoms in total.